The van der Waals surface area contributed by atoms with Crippen LogP contribution in [-0.4, -0.2) is 48.9 Å². The van der Waals surface area contributed by atoms with E-state index in [-0.39, 0.29) is 5.91 Å². The van der Waals surface area contributed by atoms with Crippen molar-refractivity contribution in [3.63, 3.8) is 0 Å². The predicted octanol–water partition coefficient (Wildman–Crippen LogP) is -0.00678. The summed E-state index contributed by atoms with van der Waals surface area (Å²) >= 11 is 0. The van der Waals surface area contributed by atoms with E-state index in [1.807, 2.05) is 14.0 Å². The van der Waals surface area contributed by atoms with Crippen molar-refractivity contribution >= 4 is 11.6 Å². The van der Waals surface area contributed by atoms with Crippen LogP contribution in [-0.2, 0) is 13.6 Å². The summed E-state index contributed by atoms with van der Waals surface area (Å²) in [7, 11) is 4.08. The Morgan fingerprint density at radius 3 is 2.50 bits per heavy atom. The highest BCUT2D eigenvalue weighted by Crippen LogP contribution is 2.15. The van der Waals surface area contributed by atoms with Crippen molar-refractivity contribution in [2.24, 2.45) is 7.05 Å². The highest BCUT2D eigenvalue weighted by atomic mass is 16.1. The number of hydrogen-bond acceptors (Lipinski definition) is 3. The maximum absolute atomic E-state index is 12.1. The van der Waals surface area contributed by atoms with E-state index in [9.17, 15) is 4.79 Å². The van der Waals surface area contributed by atoms with Crippen LogP contribution in [0.15, 0.2) is 30.3 Å². The fourth-order valence-corrected chi connectivity index (χ4v) is 2.92. The minimum Gasteiger partial charge on any atom is -0.360 e. The van der Waals surface area contributed by atoms with Crippen LogP contribution in [0.5, 0.6) is 0 Å². The summed E-state index contributed by atoms with van der Waals surface area (Å²) < 4.78 is 1.71. The zero-order chi connectivity index (χ0) is 17.1. The van der Waals surface area contributed by atoms with Gasteiger partial charge in [-0.15, -0.1) is 0 Å². The number of amides is 1. The van der Waals surface area contributed by atoms with Gasteiger partial charge in [0.05, 0.1) is 33.2 Å². The lowest BCUT2D eigenvalue weighted by Crippen LogP contribution is -3.12. The number of hydrogen-bond donors (Lipinski definition) is 2. The van der Waals surface area contributed by atoms with E-state index in [4.69, 9.17) is 0 Å². The van der Waals surface area contributed by atoms with Gasteiger partial charge < -0.3 is 15.1 Å². The third-order valence-electron chi connectivity index (χ3n) is 4.72. The van der Waals surface area contributed by atoms with Crippen LogP contribution < -0.4 is 15.1 Å². The lowest BCUT2D eigenvalue weighted by atomic mass is 10.1. The lowest BCUT2D eigenvalue weighted by molar-refractivity contribution is -0.880. The number of carbonyl (C=O) groups excluding carboxylic acids is 1. The van der Waals surface area contributed by atoms with E-state index in [0.29, 0.717) is 12.2 Å². The van der Waals surface area contributed by atoms with Gasteiger partial charge in [0.15, 0.2) is 0 Å². The average molecular weight is 328 g/mol. The summed E-state index contributed by atoms with van der Waals surface area (Å²) in [4.78, 5) is 16.1. The zero-order valence-electron chi connectivity index (χ0n) is 14.7. The van der Waals surface area contributed by atoms with Gasteiger partial charge in [-0.1, -0.05) is 12.1 Å². The Morgan fingerprint density at radius 1 is 1.25 bits per heavy atom. The number of nitrogens with zero attached hydrogens (tertiary/aromatic N) is 3. The molecule has 1 amide bonds. The van der Waals surface area contributed by atoms with E-state index < -0.39 is 0 Å². The van der Waals surface area contributed by atoms with Crippen LogP contribution in [0.1, 0.15) is 21.7 Å². The molecule has 3 rings (SSSR count). The van der Waals surface area contributed by atoms with Gasteiger partial charge in [-0.05, 0) is 30.7 Å². The molecular formula is C18H26N5O+. The Hall–Kier alpha value is -2.34. The number of nitrogens with one attached hydrogen (secondary N) is 2. The number of carbonyl (C=O) groups is 1. The Morgan fingerprint density at radius 2 is 1.92 bits per heavy atom. The summed E-state index contributed by atoms with van der Waals surface area (Å²) in [5.41, 5.74) is 3.79. The van der Waals surface area contributed by atoms with E-state index in [2.05, 4.69) is 46.6 Å². The van der Waals surface area contributed by atoms with Crippen LogP contribution in [0.4, 0.5) is 5.69 Å². The maximum Gasteiger partial charge on any atom is 0.272 e. The van der Waals surface area contributed by atoms with Gasteiger partial charge in [0, 0.05) is 25.0 Å². The number of piperazine rings is 1. The molecule has 0 radical (unpaired) electrons. The number of aryl methyl sites for hydroxylation is 2. The molecule has 0 spiro atoms. The smallest absolute Gasteiger partial charge is 0.272 e. The van der Waals surface area contributed by atoms with E-state index in [1.165, 1.54) is 18.8 Å². The lowest BCUT2D eigenvalue weighted by Gasteiger charge is -2.31. The first-order valence-corrected chi connectivity index (χ1v) is 8.47. The fourth-order valence-electron chi connectivity index (χ4n) is 2.92. The normalized spacial score (nSPS) is 15.5. The molecule has 128 valence electrons. The van der Waals surface area contributed by atoms with Gasteiger partial charge >= 0.3 is 0 Å². The second-order valence-corrected chi connectivity index (χ2v) is 6.59. The van der Waals surface area contributed by atoms with Crippen molar-refractivity contribution in [2.45, 2.75) is 13.5 Å². The third kappa shape index (κ3) is 3.76. The highest BCUT2D eigenvalue weighted by molar-refractivity contribution is 5.92. The minimum atomic E-state index is -0.134. The highest BCUT2D eigenvalue weighted by Gasteiger charge is 2.16. The molecule has 2 aromatic rings. The quantitative estimate of drug-likeness (QED) is 0.830. The molecule has 1 saturated heterocycles. The van der Waals surface area contributed by atoms with Gasteiger partial charge in [0.1, 0.15) is 5.69 Å². The summed E-state index contributed by atoms with van der Waals surface area (Å²) in [6.07, 6.45) is 0. The molecule has 0 bridgehead atoms. The van der Waals surface area contributed by atoms with E-state index in [0.717, 1.165) is 24.3 Å². The zero-order valence-corrected chi connectivity index (χ0v) is 14.7. The molecule has 1 aliphatic rings. The number of aromatic nitrogens is 2. The topological polar surface area (TPSA) is 54.6 Å². The van der Waals surface area contributed by atoms with E-state index >= 15 is 0 Å². The minimum absolute atomic E-state index is 0.134. The monoisotopic (exact) mass is 328 g/mol. The molecule has 1 aromatic heterocycles. The molecule has 6 nitrogen and oxygen atoms in total. The van der Waals surface area contributed by atoms with Gasteiger partial charge in [-0.2, -0.15) is 5.10 Å². The molecule has 24 heavy (non-hydrogen) atoms. The van der Waals surface area contributed by atoms with Crippen molar-refractivity contribution < 1.29 is 9.69 Å². The Kier molecular flexibility index (Phi) is 4.85. The molecule has 1 fully saturated rings. The molecular weight excluding hydrogens is 302 g/mol. The van der Waals surface area contributed by atoms with Crippen LogP contribution >= 0.6 is 0 Å². The van der Waals surface area contributed by atoms with Crippen LogP contribution in [0.3, 0.4) is 0 Å². The molecule has 0 unspecified atom stereocenters. The molecule has 2 heterocycles. The van der Waals surface area contributed by atoms with Crippen LogP contribution in [0, 0.1) is 6.92 Å². The number of quaternary nitrogens is 1. The molecule has 0 saturated carbocycles. The van der Waals surface area contributed by atoms with Gasteiger partial charge in [0.25, 0.3) is 5.91 Å². The predicted molar refractivity (Wildman–Crippen MR) is 94.4 cm³/mol. The average Bonchev–Trinajstić information content (AvgIpc) is 2.93. The third-order valence-corrected chi connectivity index (χ3v) is 4.72. The first kappa shape index (κ1) is 16.5. The summed E-state index contributed by atoms with van der Waals surface area (Å²) in [5, 5.41) is 7.13. The molecule has 2 N–H and O–H groups in total. The summed E-state index contributed by atoms with van der Waals surface area (Å²) in [5.74, 6) is -0.134. The molecule has 1 aromatic carbocycles. The molecule has 0 atom stereocenters. The molecule has 1 aliphatic heterocycles. The Bertz CT molecular complexity index is 679. The SMILES string of the molecule is Cc1cc(C(=O)NCc2ccc(N3CC[NH+](C)CC3)cc2)nn1C. The van der Waals surface area contributed by atoms with Crippen molar-refractivity contribution in [3.05, 3.63) is 47.3 Å². The van der Waals surface area contributed by atoms with Gasteiger partial charge in [-0.3, -0.25) is 9.48 Å². The summed E-state index contributed by atoms with van der Waals surface area (Å²) in [6, 6.07) is 10.3. The second kappa shape index (κ2) is 7.05. The summed E-state index contributed by atoms with van der Waals surface area (Å²) in [6.45, 7) is 7.01. The Labute approximate surface area is 143 Å². The van der Waals surface area contributed by atoms with Crippen molar-refractivity contribution in [3.8, 4) is 0 Å². The number of benzene rings is 1. The number of likely N-dealkylation sites (N-methyl/N-ethyl adjacent to an activating group) is 1. The second-order valence-electron chi connectivity index (χ2n) is 6.59. The first-order valence-electron chi connectivity index (χ1n) is 8.47. The standard InChI is InChI=1S/C18H25N5O/c1-14-12-17(20-22(14)3)18(24)19-13-15-4-6-16(7-5-15)23-10-8-21(2)9-11-23/h4-7,12H,8-11,13H2,1-3H3,(H,19,24)/p+1. The van der Waals surface area contributed by atoms with Gasteiger partial charge in [0.2, 0.25) is 0 Å². The van der Waals surface area contributed by atoms with Gasteiger partial charge in [-0.25, -0.2) is 0 Å². The Balaban J connectivity index is 1.55. The molecule has 0 aliphatic carbocycles. The first-order chi connectivity index (χ1) is 11.5. The largest absolute Gasteiger partial charge is 0.360 e. The molecule has 6 heteroatoms. The van der Waals surface area contributed by atoms with Crippen LogP contribution in [0.2, 0.25) is 0 Å². The van der Waals surface area contributed by atoms with Crippen molar-refractivity contribution in [1.82, 2.24) is 15.1 Å². The van der Waals surface area contributed by atoms with Crippen molar-refractivity contribution in [2.75, 3.05) is 38.1 Å². The number of rotatable bonds is 4. The van der Waals surface area contributed by atoms with Crippen LogP contribution in [0.25, 0.3) is 0 Å². The fraction of sp³-hybridized carbons (Fsp3) is 0.444. The van der Waals surface area contributed by atoms with E-state index in [1.54, 1.807) is 15.6 Å². The van der Waals surface area contributed by atoms with Crippen molar-refractivity contribution in [1.29, 1.82) is 0 Å². The maximum atomic E-state index is 12.1. The number of anilines is 1.